The van der Waals surface area contributed by atoms with Crippen molar-refractivity contribution in [2.45, 2.75) is 77.6 Å². The van der Waals surface area contributed by atoms with Gasteiger partial charge in [0.15, 0.2) is 0 Å². The number of halogens is 3. The highest BCUT2D eigenvalue weighted by atomic mass is 19.4. The second-order valence-corrected chi connectivity index (χ2v) is 7.20. The SMILES string of the molecule is CCCCCCN(CCNC(=O)OC(C)(C)C)C(CC(F)(F)F)C(=O)O. The number of hydrogen-bond acceptors (Lipinski definition) is 4. The van der Waals surface area contributed by atoms with Crippen molar-refractivity contribution in [2.24, 2.45) is 0 Å². The minimum Gasteiger partial charge on any atom is -0.480 e. The largest absolute Gasteiger partial charge is 0.480 e. The van der Waals surface area contributed by atoms with Crippen LogP contribution in [-0.2, 0) is 9.53 Å². The zero-order chi connectivity index (χ0) is 20.4. The van der Waals surface area contributed by atoms with Crippen molar-refractivity contribution in [2.75, 3.05) is 19.6 Å². The second kappa shape index (κ2) is 11.3. The predicted molar refractivity (Wildman–Crippen MR) is 92.0 cm³/mol. The lowest BCUT2D eigenvalue weighted by Gasteiger charge is -2.29. The summed E-state index contributed by atoms with van der Waals surface area (Å²) >= 11 is 0. The molecule has 0 radical (unpaired) electrons. The van der Waals surface area contributed by atoms with Gasteiger partial charge in [0.2, 0.25) is 0 Å². The highest BCUT2D eigenvalue weighted by Gasteiger charge is 2.38. The number of carboxylic acid groups (broad SMARTS) is 1. The molecule has 154 valence electrons. The summed E-state index contributed by atoms with van der Waals surface area (Å²) in [6.07, 6.45) is -3.39. The molecule has 9 heteroatoms. The Morgan fingerprint density at radius 2 is 1.73 bits per heavy atom. The molecule has 0 aromatic carbocycles. The number of carbonyl (C=O) groups excluding carboxylic acids is 1. The molecule has 1 atom stereocenters. The third kappa shape index (κ3) is 12.8. The highest BCUT2D eigenvalue weighted by Crippen LogP contribution is 2.24. The number of nitrogens with one attached hydrogen (secondary N) is 1. The van der Waals surface area contributed by atoms with Gasteiger partial charge in [0.05, 0.1) is 6.42 Å². The van der Waals surface area contributed by atoms with Crippen LogP contribution < -0.4 is 5.32 Å². The standard InChI is InChI=1S/C17H31F3N2O4/c1-5-6-7-8-10-22(13(14(23)24)12-17(18,19)20)11-9-21-15(25)26-16(2,3)4/h13H,5-12H2,1-4H3,(H,21,25)(H,23,24). The van der Waals surface area contributed by atoms with Crippen molar-refractivity contribution < 1.29 is 32.6 Å². The number of alkyl halides is 3. The van der Waals surface area contributed by atoms with E-state index in [0.717, 1.165) is 19.3 Å². The van der Waals surface area contributed by atoms with Gasteiger partial charge in [-0.1, -0.05) is 26.2 Å². The monoisotopic (exact) mass is 384 g/mol. The molecule has 0 saturated heterocycles. The van der Waals surface area contributed by atoms with Crippen molar-refractivity contribution >= 4 is 12.1 Å². The summed E-state index contributed by atoms with van der Waals surface area (Å²) in [6, 6.07) is -1.67. The van der Waals surface area contributed by atoms with Gasteiger partial charge < -0.3 is 15.2 Å². The Bertz CT molecular complexity index is 437. The summed E-state index contributed by atoms with van der Waals surface area (Å²) in [5, 5.41) is 11.7. The number of carboxylic acids is 1. The van der Waals surface area contributed by atoms with E-state index in [1.54, 1.807) is 20.8 Å². The Kier molecular flexibility index (Phi) is 10.6. The summed E-state index contributed by atoms with van der Waals surface area (Å²) in [7, 11) is 0. The van der Waals surface area contributed by atoms with E-state index in [2.05, 4.69) is 5.32 Å². The van der Waals surface area contributed by atoms with E-state index in [9.17, 15) is 27.9 Å². The van der Waals surface area contributed by atoms with Gasteiger partial charge >= 0.3 is 18.2 Å². The lowest BCUT2D eigenvalue weighted by atomic mass is 10.1. The van der Waals surface area contributed by atoms with Gasteiger partial charge in [-0.3, -0.25) is 9.69 Å². The molecule has 0 aliphatic heterocycles. The van der Waals surface area contributed by atoms with Crippen molar-refractivity contribution in [1.82, 2.24) is 10.2 Å². The van der Waals surface area contributed by atoms with Crippen LogP contribution in [-0.4, -0.2) is 59.5 Å². The molecule has 1 amide bonds. The van der Waals surface area contributed by atoms with Gasteiger partial charge in [0.25, 0.3) is 0 Å². The zero-order valence-corrected chi connectivity index (χ0v) is 16.0. The molecule has 0 fully saturated rings. The molecule has 0 aliphatic carbocycles. The molecule has 6 nitrogen and oxygen atoms in total. The summed E-state index contributed by atoms with van der Waals surface area (Å²) in [6.45, 7) is 7.31. The van der Waals surface area contributed by atoms with E-state index in [0.29, 0.717) is 6.42 Å². The third-order valence-corrected chi connectivity index (χ3v) is 3.52. The van der Waals surface area contributed by atoms with Gasteiger partial charge in [-0.05, 0) is 33.7 Å². The van der Waals surface area contributed by atoms with Crippen LogP contribution in [0.15, 0.2) is 0 Å². The van der Waals surface area contributed by atoms with Crippen molar-refractivity contribution in [3.05, 3.63) is 0 Å². The molecular weight excluding hydrogens is 353 g/mol. The number of ether oxygens (including phenoxy) is 1. The third-order valence-electron chi connectivity index (χ3n) is 3.52. The maximum atomic E-state index is 12.7. The van der Waals surface area contributed by atoms with Gasteiger partial charge in [-0.25, -0.2) is 4.79 Å². The van der Waals surface area contributed by atoms with Crippen LogP contribution in [0.5, 0.6) is 0 Å². The summed E-state index contributed by atoms with van der Waals surface area (Å²) in [5.41, 5.74) is -0.691. The fraction of sp³-hybridized carbons (Fsp3) is 0.882. The highest BCUT2D eigenvalue weighted by molar-refractivity contribution is 5.73. The maximum absolute atomic E-state index is 12.7. The number of alkyl carbamates (subject to hydrolysis) is 1. The number of amides is 1. The average Bonchev–Trinajstić information content (AvgIpc) is 2.44. The minimum absolute atomic E-state index is 0.00157. The lowest BCUT2D eigenvalue weighted by molar-refractivity contribution is -0.166. The van der Waals surface area contributed by atoms with Crippen LogP contribution in [0.4, 0.5) is 18.0 Å². The predicted octanol–water partition coefficient (Wildman–Crippen LogP) is 3.80. The first-order valence-corrected chi connectivity index (χ1v) is 8.86. The van der Waals surface area contributed by atoms with Gasteiger partial charge in [-0.15, -0.1) is 0 Å². The molecule has 0 aliphatic rings. The average molecular weight is 384 g/mol. The molecule has 1 unspecified atom stereocenters. The van der Waals surface area contributed by atoms with E-state index in [1.165, 1.54) is 4.90 Å². The van der Waals surface area contributed by atoms with Crippen molar-refractivity contribution in [3.8, 4) is 0 Å². The molecule has 0 saturated carbocycles. The summed E-state index contributed by atoms with van der Waals surface area (Å²) in [4.78, 5) is 24.2. The number of hydrogen-bond donors (Lipinski definition) is 2. The molecule has 0 rings (SSSR count). The second-order valence-electron chi connectivity index (χ2n) is 7.20. The van der Waals surface area contributed by atoms with E-state index in [4.69, 9.17) is 4.74 Å². The number of unbranched alkanes of at least 4 members (excludes halogenated alkanes) is 3. The van der Waals surface area contributed by atoms with Crippen LogP contribution in [0.3, 0.4) is 0 Å². The minimum atomic E-state index is -4.58. The number of aliphatic carboxylic acids is 1. The molecule has 0 heterocycles. The number of nitrogens with zero attached hydrogens (tertiary/aromatic N) is 1. The van der Waals surface area contributed by atoms with E-state index < -0.39 is 36.3 Å². The Balaban J connectivity index is 4.80. The fourth-order valence-electron chi connectivity index (χ4n) is 2.37. The molecule has 0 aromatic rings. The summed E-state index contributed by atoms with van der Waals surface area (Å²) < 4.78 is 43.2. The Morgan fingerprint density at radius 1 is 1.12 bits per heavy atom. The van der Waals surface area contributed by atoms with E-state index in [1.807, 2.05) is 6.92 Å². The number of carbonyl (C=O) groups is 2. The van der Waals surface area contributed by atoms with Gasteiger partial charge in [0, 0.05) is 13.1 Å². The van der Waals surface area contributed by atoms with Crippen molar-refractivity contribution in [1.29, 1.82) is 0 Å². The normalized spacial score (nSPS) is 13.5. The van der Waals surface area contributed by atoms with Crippen LogP contribution in [0, 0.1) is 0 Å². The molecule has 2 N–H and O–H groups in total. The van der Waals surface area contributed by atoms with Gasteiger partial charge in [-0.2, -0.15) is 13.2 Å². The zero-order valence-electron chi connectivity index (χ0n) is 16.0. The Hall–Kier alpha value is -1.51. The molecule has 26 heavy (non-hydrogen) atoms. The maximum Gasteiger partial charge on any atom is 0.407 e. The van der Waals surface area contributed by atoms with Gasteiger partial charge in [0.1, 0.15) is 11.6 Å². The van der Waals surface area contributed by atoms with Crippen LogP contribution in [0.25, 0.3) is 0 Å². The Morgan fingerprint density at radius 3 is 2.19 bits per heavy atom. The first-order valence-electron chi connectivity index (χ1n) is 8.86. The first-order chi connectivity index (χ1) is 11.9. The number of rotatable bonds is 11. The van der Waals surface area contributed by atoms with E-state index in [-0.39, 0.29) is 19.6 Å². The molecule has 0 aromatic heterocycles. The van der Waals surface area contributed by atoms with Crippen molar-refractivity contribution in [3.63, 3.8) is 0 Å². The van der Waals surface area contributed by atoms with E-state index >= 15 is 0 Å². The van der Waals surface area contributed by atoms with Crippen LogP contribution in [0.1, 0.15) is 59.8 Å². The topological polar surface area (TPSA) is 78.9 Å². The quantitative estimate of drug-likeness (QED) is 0.530. The summed E-state index contributed by atoms with van der Waals surface area (Å²) in [5.74, 6) is -1.52. The van der Waals surface area contributed by atoms with Crippen LogP contribution in [0.2, 0.25) is 0 Å². The Labute approximate surface area is 153 Å². The fourth-order valence-corrected chi connectivity index (χ4v) is 2.37. The molecule has 0 spiro atoms. The smallest absolute Gasteiger partial charge is 0.407 e. The molecular formula is C17H31F3N2O4. The molecule has 0 bridgehead atoms. The lowest BCUT2D eigenvalue weighted by Crippen LogP contribution is -2.47. The first kappa shape index (κ1) is 24.5. The van der Waals surface area contributed by atoms with Crippen LogP contribution >= 0.6 is 0 Å².